The summed E-state index contributed by atoms with van der Waals surface area (Å²) in [6, 6.07) is 18.0. The second-order valence-electron chi connectivity index (χ2n) is 8.32. The number of piperazine rings is 1. The zero-order valence-electron chi connectivity index (χ0n) is 18.8. The van der Waals surface area contributed by atoms with Crippen molar-refractivity contribution in [3.05, 3.63) is 83.3 Å². The summed E-state index contributed by atoms with van der Waals surface area (Å²) >= 11 is 0. The van der Waals surface area contributed by atoms with E-state index in [0.29, 0.717) is 38.2 Å². The molecule has 6 heteroatoms. The van der Waals surface area contributed by atoms with Crippen LogP contribution >= 0.6 is 0 Å². The number of carbonyl (C=O) groups is 2. The van der Waals surface area contributed by atoms with Crippen LogP contribution in [0.5, 0.6) is 0 Å². The van der Waals surface area contributed by atoms with Gasteiger partial charge in [-0.2, -0.15) is 0 Å². The first-order valence-electron chi connectivity index (χ1n) is 11.3. The zero-order valence-corrected chi connectivity index (χ0v) is 18.8. The molecule has 166 valence electrons. The van der Waals surface area contributed by atoms with Crippen LogP contribution in [0.15, 0.2) is 60.8 Å². The maximum Gasteiger partial charge on any atom is 0.255 e. The molecule has 0 bridgehead atoms. The van der Waals surface area contributed by atoms with Crippen LogP contribution < -0.4 is 0 Å². The molecule has 32 heavy (non-hydrogen) atoms. The van der Waals surface area contributed by atoms with Crippen molar-refractivity contribution in [1.82, 2.24) is 19.4 Å². The highest BCUT2D eigenvalue weighted by Crippen LogP contribution is 2.21. The molecule has 1 fully saturated rings. The van der Waals surface area contributed by atoms with Crippen LogP contribution in [0.25, 0.3) is 5.82 Å². The summed E-state index contributed by atoms with van der Waals surface area (Å²) in [4.78, 5) is 34.0. The summed E-state index contributed by atoms with van der Waals surface area (Å²) in [7, 11) is 0. The Balaban J connectivity index is 1.32. The van der Waals surface area contributed by atoms with E-state index in [4.69, 9.17) is 0 Å². The molecule has 0 atom stereocenters. The quantitative estimate of drug-likeness (QED) is 0.598. The Kier molecular flexibility index (Phi) is 6.69. The highest BCUT2D eigenvalue weighted by atomic mass is 16.2. The standard InChI is InChI=1S/C26H30N4O2/c1-20-19-23(21(2)30(20)24-12-6-7-14-27-24)26(32)29-17-15-28(16-18-29)25(31)13-8-11-22-9-4-3-5-10-22/h3-7,9-10,12,14,19H,8,11,13,15-18H2,1-2H3. The molecule has 1 aliphatic rings. The predicted octanol–water partition coefficient (Wildman–Crippen LogP) is 3.80. The van der Waals surface area contributed by atoms with Gasteiger partial charge >= 0.3 is 0 Å². The molecule has 2 aromatic heterocycles. The molecular formula is C26H30N4O2. The van der Waals surface area contributed by atoms with Crippen molar-refractivity contribution in [2.75, 3.05) is 26.2 Å². The van der Waals surface area contributed by atoms with Crippen LogP contribution in [-0.2, 0) is 11.2 Å². The molecule has 0 saturated carbocycles. The Morgan fingerprint density at radius 3 is 2.28 bits per heavy atom. The van der Waals surface area contributed by atoms with Crippen LogP contribution in [0, 0.1) is 13.8 Å². The summed E-state index contributed by atoms with van der Waals surface area (Å²) < 4.78 is 2.01. The average Bonchev–Trinajstić information content (AvgIpc) is 3.13. The van der Waals surface area contributed by atoms with Gasteiger partial charge in [-0.3, -0.25) is 9.59 Å². The van der Waals surface area contributed by atoms with E-state index in [0.717, 1.165) is 30.0 Å². The fourth-order valence-corrected chi connectivity index (χ4v) is 4.39. The average molecular weight is 431 g/mol. The summed E-state index contributed by atoms with van der Waals surface area (Å²) in [5.74, 6) is 1.02. The van der Waals surface area contributed by atoms with E-state index < -0.39 is 0 Å². The Labute approximate surface area is 189 Å². The van der Waals surface area contributed by atoms with Crippen molar-refractivity contribution < 1.29 is 9.59 Å². The highest BCUT2D eigenvalue weighted by Gasteiger charge is 2.27. The summed E-state index contributed by atoms with van der Waals surface area (Å²) in [5.41, 5.74) is 3.84. The van der Waals surface area contributed by atoms with Crippen LogP contribution in [0.4, 0.5) is 0 Å². The van der Waals surface area contributed by atoms with E-state index in [2.05, 4.69) is 17.1 Å². The van der Waals surface area contributed by atoms with Crippen molar-refractivity contribution in [2.45, 2.75) is 33.1 Å². The van der Waals surface area contributed by atoms with Gasteiger partial charge < -0.3 is 14.4 Å². The van der Waals surface area contributed by atoms with Gasteiger partial charge in [0.25, 0.3) is 5.91 Å². The maximum absolute atomic E-state index is 13.2. The number of nitrogens with zero attached hydrogens (tertiary/aromatic N) is 4. The van der Waals surface area contributed by atoms with Crippen LogP contribution in [0.1, 0.15) is 40.2 Å². The number of aryl methyl sites for hydroxylation is 2. The van der Waals surface area contributed by atoms with Crippen LogP contribution in [0.3, 0.4) is 0 Å². The van der Waals surface area contributed by atoms with Gasteiger partial charge in [-0.05, 0) is 50.5 Å². The number of aromatic nitrogens is 2. The van der Waals surface area contributed by atoms with Gasteiger partial charge in [-0.1, -0.05) is 36.4 Å². The number of rotatable bonds is 6. The van der Waals surface area contributed by atoms with Crippen molar-refractivity contribution in [3.8, 4) is 5.82 Å². The molecule has 0 unspecified atom stereocenters. The van der Waals surface area contributed by atoms with E-state index in [1.807, 2.05) is 70.7 Å². The first-order chi connectivity index (χ1) is 15.5. The third-order valence-corrected chi connectivity index (χ3v) is 6.16. The topological polar surface area (TPSA) is 58.4 Å². The van der Waals surface area contributed by atoms with Gasteiger partial charge in [0.05, 0.1) is 5.56 Å². The third kappa shape index (κ3) is 4.74. The molecule has 1 aromatic carbocycles. The third-order valence-electron chi connectivity index (χ3n) is 6.16. The lowest BCUT2D eigenvalue weighted by atomic mass is 10.1. The number of carbonyl (C=O) groups excluding carboxylic acids is 2. The van der Waals surface area contributed by atoms with E-state index in [9.17, 15) is 9.59 Å². The molecule has 4 rings (SSSR count). The van der Waals surface area contributed by atoms with Crippen molar-refractivity contribution in [2.24, 2.45) is 0 Å². The van der Waals surface area contributed by atoms with Crippen LogP contribution in [0.2, 0.25) is 0 Å². The predicted molar refractivity (Wildman–Crippen MR) is 125 cm³/mol. The second kappa shape index (κ2) is 9.81. The molecule has 3 aromatic rings. The first-order valence-corrected chi connectivity index (χ1v) is 11.3. The molecule has 0 N–H and O–H groups in total. The molecule has 1 saturated heterocycles. The molecule has 3 heterocycles. The van der Waals surface area contributed by atoms with Gasteiger partial charge in [0.15, 0.2) is 0 Å². The Bertz CT molecular complexity index is 1070. The van der Waals surface area contributed by atoms with Gasteiger partial charge in [0.1, 0.15) is 5.82 Å². The number of amides is 2. The Morgan fingerprint density at radius 1 is 0.906 bits per heavy atom. The van der Waals surface area contributed by atoms with E-state index in [-0.39, 0.29) is 11.8 Å². The SMILES string of the molecule is Cc1cc(C(=O)N2CCN(C(=O)CCCc3ccccc3)CC2)c(C)n1-c1ccccn1. The normalized spacial score (nSPS) is 13.9. The molecule has 2 amide bonds. The largest absolute Gasteiger partial charge is 0.339 e. The minimum Gasteiger partial charge on any atom is -0.339 e. The lowest BCUT2D eigenvalue weighted by molar-refractivity contribution is -0.132. The highest BCUT2D eigenvalue weighted by molar-refractivity contribution is 5.96. The monoisotopic (exact) mass is 430 g/mol. The van der Waals surface area contributed by atoms with E-state index >= 15 is 0 Å². The lowest BCUT2D eigenvalue weighted by Gasteiger charge is -2.35. The summed E-state index contributed by atoms with van der Waals surface area (Å²) in [5, 5.41) is 0. The van der Waals surface area contributed by atoms with Crippen LogP contribution in [-0.4, -0.2) is 57.3 Å². The molecule has 0 radical (unpaired) electrons. The first kappa shape index (κ1) is 21.8. The minimum absolute atomic E-state index is 0.0245. The molecular weight excluding hydrogens is 400 g/mol. The van der Waals surface area contributed by atoms with Gasteiger partial charge in [-0.15, -0.1) is 0 Å². The van der Waals surface area contributed by atoms with Crippen molar-refractivity contribution in [3.63, 3.8) is 0 Å². The number of pyridine rings is 1. The van der Waals surface area contributed by atoms with Crippen molar-refractivity contribution >= 4 is 11.8 Å². The van der Waals surface area contributed by atoms with Gasteiger partial charge in [0.2, 0.25) is 5.91 Å². The van der Waals surface area contributed by atoms with Gasteiger partial charge in [-0.25, -0.2) is 4.98 Å². The molecule has 0 spiro atoms. The van der Waals surface area contributed by atoms with E-state index in [1.54, 1.807) is 6.20 Å². The molecule has 1 aliphatic heterocycles. The minimum atomic E-state index is 0.0245. The number of hydrogen-bond donors (Lipinski definition) is 0. The lowest BCUT2D eigenvalue weighted by Crippen LogP contribution is -2.50. The van der Waals surface area contributed by atoms with E-state index in [1.165, 1.54) is 5.56 Å². The van der Waals surface area contributed by atoms with Crippen molar-refractivity contribution in [1.29, 1.82) is 0 Å². The smallest absolute Gasteiger partial charge is 0.255 e. The summed E-state index contributed by atoms with van der Waals surface area (Å²) in [6.07, 6.45) is 4.07. The second-order valence-corrected chi connectivity index (χ2v) is 8.32. The number of benzene rings is 1. The maximum atomic E-state index is 13.2. The molecule has 6 nitrogen and oxygen atoms in total. The Hall–Kier alpha value is -3.41. The molecule has 0 aliphatic carbocycles. The zero-order chi connectivity index (χ0) is 22.5. The fraction of sp³-hybridized carbons (Fsp3) is 0.346. The van der Waals surface area contributed by atoms with Gasteiger partial charge in [0, 0.05) is 50.2 Å². The Morgan fingerprint density at radius 2 is 1.59 bits per heavy atom. The fourth-order valence-electron chi connectivity index (χ4n) is 4.39. The number of hydrogen-bond acceptors (Lipinski definition) is 3. The summed E-state index contributed by atoms with van der Waals surface area (Å²) in [6.45, 7) is 6.27.